The zero-order valence-corrected chi connectivity index (χ0v) is 16.4. The Bertz CT molecular complexity index is 1130. The van der Waals surface area contributed by atoms with Gasteiger partial charge in [0.25, 0.3) is 5.91 Å². The zero-order valence-electron chi connectivity index (χ0n) is 16.4. The lowest BCUT2D eigenvalue weighted by molar-refractivity contribution is 0.0993. The quantitative estimate of drug-likeness (QED) is 0.464. The number of fused-ring (bicyclic) bond motifs is 1. The Kier molecular flexibility index (Phi) is 5.49. The fourth-order valence-electron chi connectivity index (χ4n) is 3.30. The Labute approximate surface area is 172 Å². The van der Waals surface area contributed by atoms with Gasteiger partial charge in [-0.25, -0.2) is 9.97 Å². The molecule has 30 heavy (non-hydrogen) atoms. The summed E-state index contributed by atoms with van der Waals surface area (Å²) in [7, 11) is 0. The van der Waals surface area contributed by atoms with Gasteiger partial charge in [0.15, 0.2) is 5.58 Å². The van der Waals surface area contributed by atoms with Crippen molar-refractivity contribution >= 4 is 17.0 Å². The minimum Gasteiger partial charge on any atom is -0.493 e. The van der Waals surface area contributed by atoms with Crippen LogP contribution in [0.15, 0.2) is 65.5 Å². The molecule has 0 saturated carbocycles. The van der Waals surface area contributed by atoms with Crippen LogP contribution >= 0.6 is 0 Å². The highest BCUT2D eigenvalue weighted by Gasteiger charge is 2.19. The molecule has 2 heterocycles. The Morgan fingerprint density at radius 2 is 2.10 bits per heavy atom. The maximum Gasteiger partial charge on any atom is 0.268 e. The first kappa shape index (κ1) is 19.7. The Hall–Kier alpha value is -3.65. The highest BCUT2D eigenvalue weighted by molar-refractivity contribution is 5.90. The van der Waals surface area contributed by atoms with E-state index in [9.17, 15) is 9.90 Å². The van der Waals surface area contributed by atoms with Crippen molar-refractivity contribution in [2.75, 3.05) is 6.61 Å². The number of benzene rings is 2. The van der Waals surface area contributed by atoms with Crippen LogP contribution in [0.1, 0.15) is 29.9 Å². The molecule has 8 nitrogen and oxygen atoms in total. The van der Waals surface area contributed by atoms with Gasteiger partial charge in [0.05, 0.1) is 25.1 Å². The van der Waals surface area contributed by atoms with Crippen molar-refractivity contribution in [1.82, 2.24) is 14.5 Å². The number of para-hydroxylation sites is 2. The van der Waals surface area contributed by atoms with E-state index in [4.69, 9.17) is 14.9 Å². The first-order valence-electron chi connectivity index (χ1n) is 9.61. The average Bonchev–Trinajstić information content (AvgIpc) is 3.38. The lowest BCUT2D eigenvalue weighted by atomic mass is 10.1. The number of rotatable bonds is 8. The summed E-state index contributed by atoms with van der Waals surface area (Å²) < 4.78 is 13.4. The molecule has 2 aromatic carbocycles. The molecule has 0 aliphatic heterocycles. The Morgan fingerprint density at radius 3 is 2.83 bits per heavy atom. The molecule has 0 bridgehead atoms. The van der Waals surface area contributed by atoms with E-state index in [1.165, 1.54) is 12.5 Å². The van der Waals surface area contributed by atoms with Crippen LogP contribution in [-0.2, 0) is 0 Å². The van der Waals surface area contributed by atoms with E-state index in [1.807, 2.05) is 48.5 Å². The summed E-state index contributed by atoms with van der Waals surface area (Å²) in [6, 6.07) is 14.8. The summed E-state index contributed by atoms with van der Waals surface area (Å²) in [5.74, 6) is 0.591. The smallest absolute Gasteiger partial charge is 0.268 e. The summed E-state index contributed by atoms with van der Waals surface area (Å²) in [6.45, 7) is 2.04. The van der Waals surface area contributed by atoms with Crippen molar-refractivity contribution < 1.29 is 19.1 Å². The fraction of sp³-hybridized carbons (Fsp3) is 0.227. The highest BCUT2D eigenvalue weighted by Crippen LogP contribution is 2.27. The number of nitrogens with zero attached hydrogens (tertiary/aromatic N) is 3. The van der Waals surface area contributed by atoms with Gasteiger partial charge in [0, 0.05) is 18.2 Å². The number of amides is 1. The molecule has 0 spiro atoms. The predicted octanol–water partition coefficient (Wildman–Crippen LogP) is 3.18. The summed E-state index contributed by atoms with van der Waals surface area (Å²) in [5, 5.41) is 10.1. The third-order valence-electron chi connectivity index (χ3n) is 4.85. The molecule has 0 aliphatic rings. The van der Waals surface area contributed by atoms with E-state index in [-0.39, 0.29) is 11.7 Å². The molecule has 0 unspecified atom stereocenters. The van der Waals surface area contributed by atoms with Crippen LogP contribution < -0.4 is 10.5 Å². The van der Waals surface area contributed by atoms with Gasteiger partial charge in [0.2, 0.25) is 5.89 Å². The average molecular weight is 406 g/mol. The van der Waals surface area contributed by atoms with Crippen molar-refractivity contribution in [1.29, 1.82) is 0 Å². The van der Waals surface area contributed by atoms with Crippen molar-refractivity contribution in [3.63, 3.8) is 0 Å². The van der Waals surface area contributed by atoms with Crippen molar-refractivity contribution in [2.45, 2.75) is 25.5 Å². The van der Waals surface area contributed by atoms with E-state index < -0.39 is 12.0 Å². The minimum atomic E-state index is -0.658. The molecule has 1 amide bonds. The standard InChI is InChI=1S/C22H22N4O4/c1-14(27)19(26-12-18(21(23)28)24-13-26)9-10-29-16-6-4-5-15(11-16)22-25-17-7-2-3-8-20(17)30-22/h2-8,11-14,19,27H,9-10H2,1H3,(H2,23,28)/t14-,19+/m0/s1. The van der Waals surface area contributed by atoms with Gasteiger partial charge >= 0.3 is 0 Å². The number of aliphatic hydroxyl groups excluding tert-OH is 1. The molecule has 4 aromatic rings. The second-order valence-corrected chi connectivity index (χ2v) is 7.03. The Balaban J connectivity index is 1.44. The van der Waals surface area contributed by atoms with Gasteiger partial charge < -0.3 is 24.6 Å². The van der Waals surface area contributed by atoms with Crippen LogP contribution in [0.5, 0.6) is 5.75 Å². The molecule has 2 atom stereocenters. The van der Waals surface area contributed by atoms with Crippen LogP contribution in [0.3, 0.4) is 0 Å². The van der Waals surface area contributed by atoms with Gasteiger partial charge in [0.1, 0.15) is 17.0 Å². The number of carbonyl (C=O) groups excluding carboxylic acids is 1. The van der Waals surface area contributed by atoms with Crippen molar-refractivity contribution in [3.8, 4) is 17.2 Å². The maximum atomic E-state index is 11.3. The van der Waals surface area contributed by atoms with Gasteiger partial charge in [-0.3, -0.25) is 4.79 Å². The summed E-state index contributed by atoms with van der Waals surface area (Å²) >= 11 is 0. The fourth-order valence-corrected chi connectivity index (χ4v) is 3.30. The molecular weight excluding hydrogens is 384 g/mol. The van der Waals surface area contributed by atoms with Crippen LogP contribution in [-0.4, -0.2) is 38.3 Å². The largest absolute Gasteiger partial charge is 0.493 e. The molecule has 3 N–H and O–H groups in total. The van der Waals surface area contributed by atoms with Crippen LogP contribution in [0.25, 0.3) is 22.6 Å². The number of carbonyl (C=O) groups is 1. The second kappa shape index (κ2) is 8.38. The number of aliphatic hydroxyl groups is 1. The zero-order chi connectivity index (χ0) is 21.1. The Morgan fingerprint density at radius 1 is 1.27 bits per heavy atom. The number of oxazole rings is 1. The molecule has 4 rings (SSSR count). The number of nitrogens with two attached hydrogens (primary N) is 1. The van der Waals surface area contributed by atoms with Gasteiger partial charge in [-0.1, -0.05) is 18.2 Å². The van der Waals surface area contributed by atoms with E-state index in [2.05, 4.69) is 9.97 Å². The second-order valence-electron chi connectivity index (χ2n) is 7.03. The van der Waals surface area contributed by atoms with Crippen LogP contribution in [0.4, 0.5) is 0 Å². The van der Waals surface area contributed by atoms with Gasteiger partial charge in [-0.2, -0.15) is 0 Å². The topological polar surface area (TPSA) is 116 Å². The number of aromatic nitrogens is 3. The first-order chi connectivity index (χ1) is 14.5. The molecule has 2 aromatic heterocycles. The monoisotopic (exact) mass is 406 g/mol. The molecule has 0 saturated heterocycles. The van der Waals surface area contributed by atoms with E-state index >= 15 is 0 Å². The summed E-state index contributed by atoms with van der Waals surface area (Å²) in [6.07, 6.45) is 2.88. The third kappa shape index (κ3) is 4.18. The number of hydrogen-bond donors (Lipinski definition) is 2. The van der Waals surface area contributed by atoms with Crippen LogP contribution in [0.2, 0.25) is 0 Å². The van der Waals surface area contributed by atoms with E-state index in [1.54, 1.807) is 11.5 Å². The summed E-state index contributed by atoms with van der Waals surface area (Å²) in [5.41, 5.74) is 7.76. The lowest BCUT2D eigenvalue weighted by Gasteiger charge is -2.21. The summed E-state index contributed by atoms with van der Waals surface area (Å²) in [4.78, 5) is 19.7. The normalized spacial score (nSPS) is 13.3. The highest BCUT2D eigenvalue weighted by atomic mass is 16.5. The number of primary amides is 1. The maximum absolute atomic E-state index is 11.3. The molecule has 0 fully saturated rings. The molecule has 0 aliphatic carbocycles. The minimum absolute atomic E-state index is 0.160. The predicted molar refractivity (Wildman–Crippen MR) is 111 cm³/mol. The molecule has 0 radical (unpaired) electrons. The van der Waals surface area contributed by atoms with Gasteiger partial charge in [-0.05, 0) is 37.3 Å². The molecule has 8 heteroatoms. The SMILES string of the molecule is C[C@H](O)[C@@H](CCOc1cccc(-c2nc3ccccc3o2)c1)n1cnc(C(N)=O)c1. The molecular formula is C22H22N4O4. The van der Waals surface area contributed by atoms with Crippen molar-refractivity contribution in [3.05, 3.63) is 66.7 Å². The lowest BCUT2D eigenvalue weighted by Crippen LogP contribution is -2.23. The van der Waals surface area contributed by atoms with E-state index in [0.29, 0.717) is 24.7 Å². The van der Waals surface area contributed by atoms with E-state index in [0.717, 1.165) is 16.7 Å². The number of imidazole rings is 1. The third-order valence-corrected chi connectivity index (χ3v) is 4.85. The van der Waals surface area contributed by atoms with Gasteiger partial charge in [-0.15, -0.1) is 0 Å². The number of ether oxygens (including phenoxy) is 1. The van der Waals surface area contributed by atoms with Crippen molar-refractivity contribution in [2.24, 2.45) is 5.73 Å². The number of hydrogen-bond acceptors (Lipinski definition) is 6. The first-order valence-corrected chi connectivity index (χ1v) is 9.61. The van der Waals surface area contributed by atoms with Crippen LogP contribution in [0, 0.1) is 0 Å². The molecule has 154 valence electrons.